The molecule has 1 aliphatic rings. The fourth-order valence-electron chi connectivity index (χ4n) is 3.42. The molecule has 0 spiro atoms. The number of ether oxygens (including phenoxy) is 1. The third kappa shape index (κ3) is 4.83. The number of aromatic nitrogens is 2. The molecule has 0 saturated carbocycles. The number of amides is 1. The number of nitrogens with one attached hydrogen (secondary N) is 1. The maximum absolute atomic E-state index is 12.2. The quantitative estimate of drug-likeness (QED) is 0.675. The number of fused-ring (bicyclic) bond motifs is 1. The topological polar surface area (TPSA) is 111 Å². The van der Waals surface area contributed by atoms with Gasteiger partial charge in [0.25, 0.3) is 0 Å². The molecular formula is C21H26N6O3. The van der Waals surface area contributed by atoms with Gasteiger partial charge in [-0.15, -0.1) is 0 Å². The minimum absolute atomic E-state index is 0.0201. The highest BCUT2D eigenvalue weighted by Crippen LogP contribution is 2.28. The van der Waals surface area contributed by atoms with E-state index in [2.05, 4.69) is 15.2 Å². The summed E-state index contributed by atoms with van der Waals surface area (Å²) in [7, 11) is 1.25. The van der Waals surface area contributed by atoms with E-state index in [9.17, 15) is 14.9 Å². The smallest absolute Gasteiger partial charge is 0.329 e. The number of rotatable bonds is 7. The lowest BCUT2D eigenvalue weighted by Crippen LogP contribution is -2.50. The fraction of sp³-hybridized carbons (Fsp3) is 0.476. The highest BCUT2D eigenvalue weighted by atomic mass is 16.5. The number of piperazine rings is 1. The van der Waals surface area contributed by atoms with E-state index in [1.165, 1.54) is 7.11 Å². The molecule has 1 fully saturated rings. The van der Waals surface area contributed by atoms with E-state index in [1.54, 1.807) is 6.07 Å². The minimum Gasteiger partial charge on any atom is -0.468 e. The van der Waals surface area contributed by atoms with Gasteiger partial charge in [-0.05, 0) is 18.6 Å². The van der Waals surface area contributed by atoms with Crippen LogP contribution in [0.4, 0.5) is 5.82 Å². The Morgan fingerprint density at radius 1 is 1.20 bits per heavy atom. The van der Waals surface area contributed by atoms with Crippen molar-refractivity contribution in [2.24, 2.45) is 0 Å². The molecule has 2 aromatic rings. The standard InChI is InChI=1S/C21H26N6O3/c1-3-8-23-18(28)14-26-9-11-27(12-10-26)20-19(15(13-22)21(29)30-2)24-16-6-4-5-7-17(16)25-20/h4-7,15H,3,8-12,14H2,1-2H3,(H,23,28)/t15-/m0/s1. The normalized spacial score (nSPS) is 15.4. The summed E-state index contributed by atoms with van der Waals surface area (Å²) < 4.78 is 4.80. The van der Waals surface area contributed by atoms with Crippen LogP contribution in [0.15, 0.2) is 24.3 Å². The number of benzene rings is 1. The van der Waals surface area contributed by atoms with Crippen molar-refractivity contribution >= 4 is 28.7 Å². The first kappa shape index (κ1) is 21.5. The third-order valence-electron chi connectivity index (χ3n) is 5.03. The van der Waals surface area contributed by atoms with Gasteiger partial charge >= 0.3 is 5.97 Å². The molecule has 1 aromatic heterocycles. The molecular weight excluding hydrogens is 384 g/mol. The number of carbonyl (C=O) groups excluding carboxylic acids is 2. The lowest BCUT2D eigenvalue weighted by atomic mass is 10.1. The molecule has 1 aromatic carbocycles. The van der Waals surface area contributed by atoms with Gasteiger partial charge in [0.05, 0.1) is 30.8 Å². The Labute approximate surface area is 175 Å². The molecule has 1 aliphatic heterocycles. The molecule has 0 radical (unpaired) electrons. The van der Waals surface area contributed by atoms with Gasteiger partial charge < -0.3 is 15.0 Å². The first-order chi connectivity index (χ1) is 14.6. The molecule has 0 bridgehead atoms. The monoisotopic (exact) mass is 410 g/mol. The zero-order valence-corrected chi connectivity index (χ0v) is 17.3. The van der Waals surface area contributed by atoms with Crippen molar-refractivity contribution in [3.8, 4) is 6.07 Å². The van der Waals surface area contributed by atoms with E-state index >= 15 is 0 Å². The van der Waals surface area contributed by atoms with Gasteiger partial charge in [-0.3, -0.25) is 14.5 Å². The van der Waals surface area contributed by atoms with Crippen molar-refractivity contribution in [2.75, 3.05) is 51.3 Å². The van der Waals surface area contributed by atoms with Gasteiger partial charge in [0.1, 0.15) is 5.69 Å². The largest absolute Gasteiger partial charge is 0.468 e. The van der Waals surface area contributed by atoms with Crippen LogP contribution < -0.4 is 10.2 Å². The van der Waals surface area contributed by atoms with Gasteiger partial charge in [0.15, 0.2) is 11.7 Å². The van der Waals surface area contributed by atoms with E-state index in [0.29, 0.717) is 61.8 Å². The molecule has 158 valence electrons. The Kier molecular flexibility index (Phi) is 7.14. The zero-order valence-electron chi connectivity index (χ0n) is 17.3. The molecule has 0 aliphatic carbocycles. The van der Waals surface area contributed by atoms with Crippen LogP contribution in [-0.4, -0.2) is 73.1 Å². The van der Waals surface area contributed by atoms with Crippen molar-refractivity contribution in [3.05, 3.63) is 30.0 Å². The van der Waals surface area contributed by atoms with E-state index < -0.39 is 11.9 Å². The molecule has 1 atom stereocenters. The summed E-state index contributed by atoms with van der Waals surface area (Å²) in [6.07, 6.45) is 0.906. The zero-order chi connectivity index (χ0) is 21.5. The maximum Gasteiger partial charge on any atom is 0.329 e. The Morgan fingerprint density at radius 2 is 1.87 bits per heavy atom. The van der Waals surface area contributed by atoms with Crippen LogP contribution in [0, 0.1) is 11.3 Å². The number of esters is 1. The van der Waals surface area contributed by atoms with Gasteiger partial charge in [0, 0.05) is 32.7 Å². The first-order valence-electron chi connectivity index (χ1n) is 10.1. The van der Waals surface area contributed by atoms with Gasteiger partial charge in [-0.2, -0.15) is 5.26 Å². The molecule has 30 heavy (non-hydrogen) atoms. The van der Waals surface area contributed by atoms with Crippen molar-refractivity contribution in [3.63, 3.8) is 0 Å². The second-order valence-electron chi connectivity index (χ2n) is 7.12. The average Bonchev–Trinajstić information content (AvgIpc) is 2.78. The van der Waals surface area contributed by atoms with Crippen LogP contribution in [0.2, 0.25) is 0 Å². The van der Waals surface area contributed by atoms with E-state index in [4.69, 9.17) is 9.72 Å². The predicted octanol–water partition coefficient (Wildman–Crippen LogP) is 1.06. The lowest BCUT2D eigenvalue weighted by molar-refractivity contribution is -0.141. The molecule has 0 unspecified atom stereocenters. The van der Waals surface area contributed by atoms with Crippen LogP contribution >= 0.6 is 0 Å². The van der Waals surface area contributed by atoms with Crippen LogP contribution in [0.1, 0.15) is 25.0 Å². The summed E-state index contributed by atoms with van der Waals surface area (Å²) in [6.45, 7) is 5.61. The maximum atomic E-state index is 12.2. The van der Waals surface area contributed by atoms with Crippen LogP contribution in [-0.2, 0) is 14.3 Å². The summed E-state index contributed by atoms with van der Waals surface area (Å²) >= 11 is 0. The van der Waals surface area contributed by atoms with Gasteiger partial charge in [-0.1, -0.05) is 19.1 Å². The first-order valence-corrected chi connectivity index (χ1v) is 10.1. The Hall–Kier alpha value is -3.25. The number of para-hydroxylation sites is 2. The highest BCUT2D eigenvalue weighted by Gasteiger charge is 2.31. The lowest BCUT2D eigenvalue weighted by Gasteiger charge is -2.35. The Bertz CT molecular complexity index is 949. The van der Waals surface area contributed by atoms with Crippen LogP contribution in [0.25, 0.3) is 11.0 Å². The summed E-state index contributed by atoms with van der Waals surface area (Å²) in [5.74, 6) is -1.28. The average molecular weight is 410 g/mol. The summed E-state index contributed by atoms with van der Waals surface area (Å²) in [6, 6.07) is 9.36. The summed E-state index contributed by atoms with van der Waals surface area (Å²) in [5.41, 5.74) is 1.61. The molecule has 1 amide bonds. The molecule has 1 saturated heterocycles. The second-order valence-corrected chi connectivity index (χ2v) is 7.12. The molecule has 9 nitrogen and oxygen atoms in total. The third-order valence-corrected chi connectivity index (χ3v) is 5.03. The number of nitriles is 1. The molecule has 1 N–H and O–H groups in total. The second kappa shape index (κ2) is 9.98. The van der Waals surface area contributed by atoms with Gasteiger partial charge in [-0.25, -0.2) is 9.97 Å². The SMILES string of the molecule is CCCNC(=O)CN1CCN(c2nc3ccccc3nc2[C@H](C#N)C(=O)OC)CC1. The number of anilines is 1. The molecule has 9 heteroatoms. The summed E-state index contributed by atoms with van der Waals surface area (Å²) in [4.78, 5) is 37.6. The van der Waals surface area contributed by atoms with Crippen LogP contribution in [0.5, 0.6) is 0 Å². The predicted molar refractivity (Wildman–Crippen MR) is 112 cm³/mol. The van der Waals surface area contributed by atoms with Gasteiger partial charge in [0.2, 0.25) is 5.91 Å². The van der Waals surface area contributed by atoms with E-state index in [0.717, 1.165) is 6.42 Å². The Morgan fingerprint density at radius 3 is 2.47 bits per heavy atom. The fourth-order valence-corrected chi connectivity index (χ4v) is 3.42. The van der Waals surface area contributed by atoms with Crippen molar-refractivity contribution in [2.45, 2.75) is 19.3 Å². The van der Waals surface area contributed by atoms with Crippen molar-refractivity contribution < 1.29 is 14.3 Å². The van der Waals surface area contributed by atoms with Crippen LogP contribution in [0.3, 0.4) is 0 Å². The number of hydrogen-bond acceptors (Lipinski definition) is 8. The minimum atomic E-state index is -1.15. The molecule has 2 heterocycles. The summed E-state index contributed by atoms with van der Waals surface area (Å²) in [5, 5.41) is 12.5. The number of nitrogens with zero attached hydrogens (tertiary/aromatic N) is 5. The number of carbonyl (C=O) groups is 2. The van der Waals surface area contributed by atoms with E-state index in [-0.39, 0.29) is 5.91 Å². The van der Waals surface area contributed by atoms with E-state index in [1.807, 2.05) is 36.1 Å². The molecule has 3 rings (SSSR count). The number of hydrogen-bond donors (Lipinski definition) is 1. The Balaban J connectivity index is 1.83. The number of methoxy groups -OCH3 is 1. The highest BCUT2D eigenvalue weighted by molar-refractivity contribution is 5.85. The van der Waals surface area contributed by atoms with Crippen molar-refractivity contribution in [1.82, 2.24) is 20.2 Å². The van der Waals surface area contributed by atoms with Crippen molar-refractivity contribution in [1.29, 1.82) is 5.26 Å².